The van der Waals surface area contributed by atoms with Crippen LogP contribution in [0.4, 0.5) is 0 Å². The molecule has 2 N–H and O–H groups in total. The van der Waals surface area contributed by atoms with Gasteiger partial charge in [-0.15, -0.1) is 0 Å². The summed E-state index contributed by atoms with van der Waals surface area (Å²) >= 11 is 0. The normalized spacial score (nSPS) is 24.4. The molecule has 0 aliphatic carbocycles. The molecule has 1 saturated heterocycles. The molecular weight excluding hydrogens is 292 g/mol. The van der Waals surface area contributed by atoms with Crippen LogP contribution in [0.3, 0.4) is 0 Å². The molecule has 2 heterocycles. The Labute approximate surface area is 126 Å². The molecule has 2 rings (SSSR count). The number of rotatable bonds is 5. The van der Waals surface area contributed by atoms with Crippen LogP contribution in [0.1, 0.15) is 31.1 Å². The smallest absolute Gasteiger partial charge is 0.330 e. The molecular formula is C14H20N2O6. The van der Waals surface area contributed by atoms with E-state index in [1.165, 1.54) is 17.9 Å². The van der Waals surface area contributed by atoms with E-state index in [9.17, 15) is 19.5 Å². The van der Waals surface area contributed by atoms with Gasteiger partial charge in [0.05, 0.1) is 19.8 Å². The molecule has 1 aromatic rings. The SMILES string of the molecule is COC(=O)CC[C@H]1C[C@H](n2cc(C)c(=O)[nH]c2=O)O[C@@H]1CO. The molecule has 0 aromatic carbocycles. The van der Waals surface area contributed by atoms with Crippen molar-refractivity contribution in [2.45, 2.75) is 38.5 Å². The zero-order valence-electron chi connectivity index (χ0n) is 12.6. The molecule has 0 radical (unpaired) electrons. The van der Waals surface area contributed by atoms with Crippen LogP contribution in [0.25, 0.3) is 0 Å². The van der Waals surface area contributed by atoms with Crippen molar-refractivity contribution >= 4 is 5.97 Å². The van der Waals surface area contributed by atoms with Gasteiger partial charge in [-0.3, -0.25) is 19.1 Å². The molecule has 1 aliphatic heterocycles. The van der Waals surface area contributed by atoms with Gasteiger partial charge in [-0.25, -0.2) is 4.79 Å². The number of aromatic amines is 1. The predicted octanol–water partition coefficient (Wildman–Crippen LogP) is -0.306. The molecule has 1 fully saturated rings. The number of aryl methyl sites for hydroxylation is 1. The van der Waals surface area contributed by atoms with E-state index in [4.69, 9.17) is 4.74 Å². The minimum Gasteiger partial charge on any atom is -0.469 e. The quantitative estimate of drug-likeness (QED) is 0.722. The summed E-state index contributed by atoms with van der Waals surface area (Å²) in [4.78, 5) is 36.7. The minimum atomic E-state index is -0.567. The fourth-order valence-electron chi connectivity index (χ4n) is 2.66. The van der Waals surface area contributed by atoms with Crippen LogP contribution in [0.2, 0.25) is 0 Å². The van der Waals surface area contributed by atoms with Gasteiger partial charge in [-0.2, -0.15) is 0 Å². The summed E-state index contributed by atoms with van der Waals surface area (Å²) in [7, 11) is 1.32. The van der Waals surface area contributed by atoms with E-state index in [0.29, 0.717) is 18.4 Å². The fraction of sp³-hybridized carbons (Fsp3) is 0.643. The van der Waals surface area contributed by atoms with Gasteiger partial charge in [-0.05, 0) is 25.7 Å². The Morgan fingerprint density at radius 2 is 2.27 bits per heavy atom. The number of aliphatic hydroxyl groups is 1. The van der Waals surface area contributed by atoms with E-state index in [-0.39, 0.29) is 24.9 Å². The highest BCUT2D eigenvalue weighted by Gasteiger charge is 2.36. The number of hydrogen-bond acceptors (Lipinski definition) is 6. The third-order valence-electron chi connectivity index (χ3n) is 3.95. The molecule has 0 amide bonds. The maximum atomic E-state index is 11.9. The number of nitrogens with zero attached hydrogens (tertiary/aromatic N) is 1. The van der Waals surface area contributed by atoms with Gasteiger partial charge in [0.15, 0.2) is 0 Å². The number of H-pyrrole nitrogens is 1. The largest absolute Gasteiger partial charge is 0.469 e. The first kappa shape index (κ1) is 16.4. The summed E-state index contributed by atoms with van der Waals surface area (Å²) in [6.45, 7) is 1.40. The second-order valence-corrected chi connectivity index (χ2v) is 5.40. The fourth-order valence-corrected chi connectivity index (χ4v) is 2.66. The third-order valence-corrected chi connectivity index (χ3v) is 3.95. The maximum Gasteiger partial charge on any atom is 0.330 e. The Hall–Kier alpha value is -1.93. The number of methoxy groups -OCH3 is 1. The summed E-state index contributed by atoms with van der Waals surface area (Å²) in [5, 5.41) is 9.41. The Morgan fingerprint density at radius 1 is 1.55 bits per heavy atom. The summed E-state index contributed by atoms with van der Waals surface area (Å²) in [5.74, 6) is -0.384. The van der Waals surface area contributed by atoms with Crippen molar-refractivity contribution < 1.29 is 19.4 Å². The van der Waals surface area contributed by atoms with Crippen molar-refractivity contribution in [1.29, 1.82) is 0 Å². The number of carbonyl (C=O) groups excluding carboxylic acids is 1. The molecule has 8 nitrogen and oxygen atoms in total. The van der Waals surface area contributed by atoms with Gasteiger partial charge in [0.2, 0.25) is 0 Å². The lowest BCUT2D eigenvalue weighted by molar-refractivity contribution is -0.141. The maximum absolute atomic E-state index is 11.9. The van der Waals surface area contributed by atoms with Crippen LogP contribution in [-0.2, 0) is 14.3 Å². The van der Waals surface area contributed by atoms with Crippen molar-refractivity contribution in [3.8, 4) is 0 Å². The van der Waals surface area contributed by atoms with E-state index in [1.54, 1.807) is 6.92 Å². The van der Waals surface area contributed by atoms with E-state index in [1.807, 2.05) is 0 Å². The lowest BCUT2D eigenvalue weighted by Gasteiger charge is -2.15. The van der Waals surface area contributed by atoms with E-state index < -0.39 is 23.6 Å². The number of nitrogens with one attached hydrogen (secondary N) is 1. The van der Waals surface area contributed by atoms with Crippen molar-refractivity contribution in [2.75, 3.05) is 13.7 Å². The van der Waals surface area contributed by atoms with Crippen molar-refractivity contribution in [2.24, 2.45) is 5.92 Å². The second kappa shape index (κ2) is 6.89. The Balaban J connectivity index is 2.14. The Kier molecular flexibility index (Phi) is 5.15. The molecule has 0 bridgehead atoms. The molecule has 8 heteroatoms. The van der Waals surface area contributed by atoms with Crippen LogP contribution in [0.15, 0.2) is 15.8 Å². The molecule has 0 saturated carbocycles. The topological polar surface area (TPSA) is 111 Å². The van der Waals surface area contributed by atoms with Crippen molar-refractivity contribution in [3.05, 3.63) is 32.6 Å². The summed E-state index contributed by atoms with van der Waals surface area (Å²) in [6, 6.07) is 0. The Morgan fingerprint density at radius 3 is 2.91 bits per heavy atom. The summed E-state index contributed by atoms with van der Waals surface area (Å²) in [6.07, 6.45) is 1.65. The van der Waals surface area contributed by atoms with Crippen LogP contribution in [0, 0.1) is 12.8 Å². The van der Waals surface area contributed by atoms with Crippen LogP contribution in [-0.4, -0.2) is 40.4 Å². The zero-order valence-corrected chi connectivity index (χ0v) is 12.6. The molecule has 122 valence electrons. The second-order valence-electron chi connectivity index (χ2n) is 5.40. The van der Waals surface area contributed by atoms with Gasteiger partial charge >= 0.3 is 11.7 Å². The van der Waals surface area contributed by atoms with Gasteiger partial charge in [0.1, 0.15) is 6.23 Å². The number of ether oxygens (including phenoxy) is 2. The standard InChI is InChI=1S/C14H20N2O6/c1-8-6-16(14(20)15-13(8)19)11-5-9(10(7-17)22-11)3-4-12(18)21-2/h6,9-11,17H,3-5,7H2,1-2H3,(H,15,19,20)/t9-,10+,11+/m0/s1. The predicted molar refractivity (Wildman–Crippen MR) is 76.4 cm³/mol. The number of aromatic nitrogens is 2. The molecule has 1 aromatic heterocycles. The zero-order chi connectivity index (χ0) is 16.3. The van der Waals surface area contributed by atoms with Gasteiger partial charge in [0.25, 0.3) is 5.56 Å². The van der Waals surface area contributed by atoms with Gasteiger partial charge in [-0.1, -0.05) is 0 Å². The first-order chi connectivity index (χ1) is 10.5. The van der Waals surface area contributed by atoms with E-state index in [2.05, 4.69) is 9.72 Å². The highest BCUT2D eigenvalue weighted by atomic mass is 16.5. The van der Waals surface area contributed by atoms with Gasteiger partial charge in [0, 0.05) is 18.2 Å². The summed E-state index contributed by atoms with van der Waals surface area (Å²) in [5.41, 5.74) is -0.576. The molecule has 0 unspecified atom stereocenters. The highest BCUT2D eigenvalue weighted by molar-refractivity contribution is 5.69. The molecule has 1 aliphatic rings. The van der Waals surface area contributed by atoms with E-state index >= 15 is 0 Å². The third kappa shape index (κ3) is 3.45. The van der Waals surface area contributed by atoms with Gasteiger partial charge < -0.3 is 14.6 Å². The number of esters is 1. The lowest BCUT2D eigenvalue weighted by atomic mass is 9.95. The minimum absolute atomic E-state index is 0.0618. The van der Waals surface area contributed by atoms with E-state index in [0.717, 1.165) is 0 Å². The molecule has 22 heavy (non-hydrogen) atoms. The van der Waals surface area contributed by atoms with Crippen molar-refractivity contribution in [1.82, 2.24) is 9.55 Å². The van der Waals surface area contributed by atoms with Crippen LogP contribution < -0.4 is 11.2 Å². The Bertz CT molecular complexity index is 649. The first-order valence-corrected chi connectivity index (χ1v) is 7.11. The number of carbonyl (C=O) groups is 1. The lowest BCUT2D eigenvalue weighted by Crippen LogP contribution is -2.33. The number of aliphatic hydroxyl groups excluding tert-OH is 1. The molecule has 3 atom stereocenters. The van der Waals surface area contributed by atoms with Crippen LogP contribution in [0.5, 0.6) is 0 Å². The molecule has 0 spiro atoms. The average molecular weight is 312 g/mol. The van der Waals surface area contributed by atoms with Crippen molar-refractivity contribution in [3.63, 3.8) is 0 Å². The van der Waals surface area contributed by atoms with Crippen LogP contribution >= 0.6 is 0 Å². The summed E-state index contributed by atoms with van der Waals surface area (Å²) < 4.78 is 11.6. The number of hydrogen-bond donors (Lipinski definition) is 2. The monoisotopic (exact) mass is 312 g/mol. The first-order valence-electron chi connectivity index (χ1n) is 7.11. The average Bonchev–Trinajstić information content (AvgIpc) is 2.91. The highest BCUT2D eigenvalue weighted by Crippen LogP contribution is 2.35.